The lowest BCUT2D eigenvalue weighted by atomic mass is 9.88. The molecular weight excluding hydrogens is 382 g/mol. The lowest BCUT2D eigenvalue weighted by Crippen LogP contribution is -2.48. The average molecular weight is 434 g/mol. The van der Waals surface area contributed by atoms with Crippen molar-refractivity contribution in [3.05, 3.63) is 0 Å². The Morgan fingerprint density at radius 1 is 0.581 bits per heavy atom. The quantitative estimate of drug-likeness (QED) is 0.612. The Labute approximate surface area is 193 Å². The Morgan fingerprint density at radius 3 is 1.58 bits per heavy atom. The first-order valence-corrected chi connectivity index (χ1v) is 13.6. The van der Waals surface area contributed by atoms with Crippen LogP contribution in [-0.4, -0.2) is 123 Å². The Hall–Kier alpha value is -0.200. The maximum absolute atomic E-state index is 2.81. The Bertz CT molecular complexity index is 504. The van der Waals surface area contributed by atoms with Gasteiger partial charge in [0.15, 0.2) is 0 Å². The molecule has 0 amide bonds. The average Bonchev–Trinajstić information content (AvgIpc) is 2.77. The molecule has 4 saturated heterocycles. The first-order valence-electron chi connectivity index (χ1n) is 13.6. The van der Waals surface area contributed by atoms with Gasteiger partial charge < -0.3 is 24.5 Å². The second-order valence-corrected chi connectivity index (χ2v) is 11.7. The van der Waals surface area contributed by atoms with Gasteiger partial charge in [0.05, 0.1) is 0 Å². The van der Waals surface area contributed by atoms with E-state index in [2.05, 4.69) is 45.4 Å². The first kappa shape index (κ1) is 23.9. The van der Waals surface area contributed by atoms with Crippen molar-refractivity contribution in [1.29, 1.82) is 0 Å². The van der Waals surface area contributed by atoms with Gasteiger partial charge in [-0.05, 0) is 95.5 Å². The SMILES string of the molecule is CCN1C[C@H](C)C[C@H](CN2CCC(CN3CCC(CN4CCN(C)CC4)CC3)CC2)C1. The van der Waals surface area contributed by atoms with Crippen LogP contribution >= 0.6 is 0 Å². The van der Waals surface area contributed by atoms with Crippen LogP contribution in [0.15, 0.2) is 0 Å². The number of likely N-dealkylation sites (tertiary alicyclic amines) is 3. The maximum atomic E-state index is 2.81. The Balaban J connectivity index is 1.10. The summed E-state index contributed by atoms with van der Waals surface area (Å²) in [5.41, 5.74) is 0. The summed E-state index contributed by atoms with van der Waals surface area (Å²) in [6.45, 7) is 23.2. The summed E-state index contributed by atoms with van der Waals surface area (Å²) < 4.78 is 0. The minimum atomic E-state index is 0.885. The number of hydrogen-bond donors (Lipinski definition) is 0. The molecule has 180 valence electrons. The summed E-state index contributed by atoms with van der Waals surface area (Å²) in [6.07, 6.45) is 7.17. The molecule has 5 nitrogen and oxygen atoms in total. The first-order chi connectivity index (χ1) is 15.1. The highest BCUT2D eigenvalue weighted by Gasteiger charge is 2.29. The minimum Gasteiger partial charge on any atom is -0.304 e. The van der Waals surface area contributed by atoms with Crippen molar-refractivity contribution < 1.29 is 0 Å². The molecule has 5 heteroatoms. The second-order valence-electron chi connectivity index (χ2n) is 11.7. The molecule has 0 aromatic rings. The molecule has 4 aliphatic rings. The highest BCUT2D eigenvalue weighted by atomic mass is 15.2. The van der Waals surface area contributed by atoms with Gasteiger partial charge in [0, 0.05) is 58.9 Å². The van der Waals surface area contributed by atoms with Gasteiger partial charge in [-0.2, -0.15) is 0 Å². The highest BCUT2D eigenvalue weighted by Crippen LogP contribution is 2.26. The van der Waals surface area contributed by atoms with Crippen molar-refractivity contribution in [2.75, 3.05) is 98.7 Å². The van der Waals surface area contributed by atoms with E-state index >= 15 is 0 Å². The predicted molar refractivity (Wildman–Crippen MR) is 132 cm³/mol. The van der Waals surface area contributed by atoms with Crippen molar-refractivity contribution >= 4 is 0 Å². The van der Waals surface area contributed by atoms with Gasteiger partial charge in [-0.15, -0.1) is 0 Å². The van der Waals surface area contributed by atoms with Crippen LogP contribution in [-0.2, 0) is 0 Å². The lowest BCUT2D eigenvalue weighted by molar-refractivity contribution is 0.0726. The van der Waals surface area contributed by atoms with E-state index in [-0.39, 0.29) is 0 Å². The van der Waals surface area contributed by atoms with Crippen molar-refractivity contribution in [2.24, 2.45) is 23.7 Å². The van der Waals surface area contributed by atoms with Crippen LogP contribution in [0, 0.1) is 23.7 Å². The number of likely N-dealkylation sites (N-methyl/N-ethyl adjacent to an activating group) is 1. The van der Waals surface area contributed by atoms with E-state index in [9.17, 15) is 0 Å². The van der Waals surface area contributed by atoms with E-state index in [1.54, 1.807) is 0 Å². The molecule has 31 heavy (non-hydrogen) atoms. The van der Waals surface area contributed by atoms with Gasteiger partial charge in [-0.3, -0.25) is 0 Å². The fourth-order valence-electron chi connectivity index (χ4n) is 6.82. The summed E-state index contributed by atoms with van der Waals surface area (Å²) in [5, 5.41) is 0. The molecule has 0 N–H and O–H groups in total. The van der Waals surface area contributed by atoms with E-state index in [4.69, 9.17) is 0 Å². The van der Waals surface area contributed by atoms with Crippen LogP contribution < -0.4 is 0 Å². The normalized spacial score (nSPS) is 32.6. The Morgan fingerprint density at radius 2 is 1.06 bits per heavy atom. The molecule has 0 unspecified atom stereocenters. The molecule has 4 fully saturated rings. The van der Waals surface area contributed by atoms with Gasteiger partial charge in [0.1, 0.15) is 0 Å². The van der Waals surface area contributed by atoms with E-state index in [0.717, 1.165) is 23.7 Å². The number of piperazine rings is 1. The van der Waals surface area contributed by atoms with Gasteiger partial charge >= 0.3 is 0 Å². The van der Waals surface area contributed by atoms with Crippen LogP contribution in [0.4, 0.5) is 0 Å². The second kappa shape index (κ2) is 11.8. The molecular formula is C26H51N5. The number of rotatable bonds is 7. The third-order valence-corrected chi connectivity index (χ3v) is 8.83. The molecule has 4 rings (SSSR count). The molecule has 4 aliphatic heterocycles. The topological polar surface area (TPSA) is 16.2 Å². The number of hydrogen-bond acceptors (Lipinski definition) is 5. The largest absolute Gasteiger partial charge is 0.304 e. The number of nitrogens with zero attached hydrogens (tertiary/aromatic N) is 5. The minimum absolute atomic E-state index is 0.885. The van der Waals surface area contributed by atoms with Gasteiger partial charge in [-0.1, -0.05) is 13.8 Å². The summed E-state index contributed by atoms with van der Waals surface area (Å²) in [7, 11) is 2.26. The van der Waals surface area contributed by atoms with Crippen molar-refractivity contribution in [2.45, 2.75) is 46.0 Å². The molecule has 4 heterocycles. The van der Waals surface area contributed by atoms with E-state index in [1.807, 2.05) is 0 Å². The van der Waals surface area contributed by atoms with Crippen LogP contribution in [0.1, 0.15) is 46.0 Å². The fraction of sp³-hybridized carbons (Fsp3) is 1.00. The zero-order chi connectivity index (χ0) is 21.6. The van der Waals surface area contributed by atoms with Crippen molar-refractivity contribution in [3.63, 3.8) is 0 Å². The molecule has 0 saturated carbocycles. The summed E-state index contributed by atoms with van der Waals surface area (Å²) >= 11 is 0. The molecule has 0 spiro atoms. The predicted octanol–water partition coefficient (Wildman–Crippen LogP) is 2.64. The van der Waals surface area contributed by atoms with Crippen LogP contribution in [0.2, 0.25) is 0 Å². The number of piperidine rings is 3. The van der Waals surface area contributed by atoms with E-state index in [1.165, 1.54) is 124 Å². The third-order valence-electron chi connectivity index (χ3n) is 8.83. The third kappa shape index (κ3) is 7.40. The van der Waals surface area contributed by atoms with Gasteiger partial charge in [-0.25, -0.2) is 0 Å². The van der Waals surface area contributed by atoms with Crippen LogP contribution in [0.25, 0.3) is 0 Å². The monoisotopic (exact) mass is 433 g/mol. The fourth-order valence-corrected chi connectivity index (χ4v) is 6.82. The van der Waals surface area contributed by atoms with E-state index in [0.29, 0.717) is 0 Å². The van der Waals surface area contributed by atoms with Gasteiger partial charge in [0.25, 0.3) is 0 Å². The van der Waals surface area contributed by atoms with E-state index < -0.39 is 0 Å². The highest BCUT2D eigenvalue weighted by molar-refractivity contribution is 4.83. The van der Waals surface area contributed by atoms with Crippen LogP contribution in [0.3, 0.4) is 0 Å². The van der Waals surface area contributed by atoms with Gasteiger partial charge in [0.2, 0.25) is 0 Å². The molecule has 0 aliphatic carbocycles. The standard InChI is InChI=1S/C26H51N5/c1-4-28-18-23(2)17-26(21-28)22-30-11-7-24(8-12-30)19-29-9-5-25(6-10-29)20-31-15-13-27(3)14-16-31/h23-26H,4-22H2,1-3H3/t23-,26+/m1/s1. The molecule has 2 atom stereocenters. The smallest absolute Gasteiger partial charge is 0.0110 e. The zero-order valence-corrected chi connectivity index (χ0v) is 21.0. The lowest BCUT2D eigenvalue weighted by Gasteiger charge is -2.41. The Kier molecular flexibility index (Phi) is 9.10. The van der Waals surface area contributed by atoms with Crippen molar-refractivity contribution in [1.82, 2.24) is 24.5 Å². The summed E-state index contributed by atoms with van der Waals surface area (Å²) in [4.78, 5) is 13.5. The summed E-state index contributed by atoms with van der Waals surface area (Å²) in [6, 6.07) is 0. The molecule has 0 bridgehead atoms. The molecule has 0 aromatic carbocycles. The van der Waals surface area contributed by atoms with Crippen LogP contribution in [0.5, 0.6) is 0 Å². The molecule has 0 aromatic heterocycles. The van der Waals surface area contributed by atoms with Crippen molar-refractivity contribution in [3.8, 4) is 0 Å². The zero-order valence-electron chi connectivity index (χ0n) is 21.0. The molecule has 0 radical (unpaired) electrons. The maximum Gasteiger partial charge on any atom is 0.0110 e. The summed E-state index contributed by atoms with van der Waals surface area (Å²) in [5.74, 6) is 3.68.